The minimum Gasteiger partial charge on any atom is -0.352 e. The molecule has 1 aliphatic carbocycles. The van der Waals surface area contributed by atoms with Crippen molar-refractivity contribution in [2.75, 3.05) is 0 Å². The normalized spacial score (nSPS) is 16.1. The number of hydrogen-bond acceptors (Lipinski definition) is 2. The Morgan fingerprint density at radius 3 is 2.47 bits per heavy atom. The van der Waals surface area contributed by atoms with E-state index in [1.807, 2.05) is 6.07 Å². The van der Waals surface area contributed by atoms with Gasteiger partial charge in [0.2, 0.25) is 5.91 Å². The number of hydrogen-bond donors (Lipinski definition) is 2. The van der Waals surface area contributed by atoms with Gasteiger partial charge in [-0.1, -0.05) is 18.2 Å². The third kappa shape index (κ3) is 3.31. The Balaban J connectivity index is 1.87. The molecule has 1 aliphatic rings. The van der Waals surface area contributed by atoms with Gasteiger partial charge in [-0.2, -0.15) is 0 Å². The molecule has 2 N–H and O–H groups in total. The fraction of sp³-hybridized carbons (Fsp3) is 0.385. The molecule has 0 bridgehead atoms. The van der Waals surface area contributed by atoms with Crippen LogP contribution in [0.5, 0.6) is 0 Å². The van der Waals surface area contributed by atoms with Crippen LogP contribution in [0.1, 0.15) is 30.1 Å². The van der Waals surface area contributed by atoms with Crippen LogP contribution in [-0.2, 0) is 4.79 Å². The van der Waals surface area contributed by atoms with Gasteiger partial charge in [-0.25, -0.2) is 0 Å². The molecular weight excluding hydrogens is 216 g/mol. The van der Waals surface area contributed by atoms with Crippen molar-refractivity contribution in [1.82, 2.24) is 10.6 Å². The molecule has 4 nitrogen and oxygen atoms in total. The fourth-order valence-corrected chi connectivity index (χ4v) is 1.49. The fourth-order valence-electron chi connectivity index (χ4n) is 1.49. The van der Waals surface area contributed by atoms with E-state index in [1.54, 1.807) is 31.2 Å². The summed E-state index contributed by atoms with van der Waals surface area (Å²) >= 11 is 0. The molecule has 90 valence electrons. The standard InChI is InChI=1S/C13H16N2O2/c1-9(12(16)15-11-7-8-11)14-13(17)10-5-3-2-4-6-10/h2-6,9,11H,7-8H2,1H3,(H,14,17)(H,15,16)/t9-/m0/s1. The Morgan fingerprint density at radius 1 is 1.24 bits per heavy atom. The number of benzene rings is 1. The summed E-state index contributed by atoms with van der Waals surface area (Å²) in [7, 11) is 0. The number of nitrogens with one attached hydrogen (secondary N) is 2. The molecule has 2 rings (SSSR count). The van der Waals surface area contributed by atoms with Crippen molar-refractivity contribution in [2.24, 2.45) is 0 Å². The summed E-state index contributed by atoms with van der Waals surface area (Å²) in [6.45, 7) is 1.69. The zero-order valence-electron chi connectivity index (χ0n) is 9.77. The monoisotopic (exact) mass is 232 g/mol. The van der Waals surface area contributed by atoms with Crippen LogP contribution in [0.4, 0.5) is 0 Å². The molecule has 4 heteroatoms. The van der Waals surface area contributed by atoms with Crippen LogP contribution in [-0.4, -0.2) is 23.9 Å². The second-order valence-electron chi connectivity index (χ2n) is 4.34. The summed E-state index contributed by atoms with van der Waals surface area (Å²) in [5.74, 6) is -0.333. The van der Waals surface area contributed by atoms with Crippen LogP contribution in [0.25, 0.3) is 0 Å². The first kappa shape index (κ1) is 11.6. The highest BCUT2D eigenvalue weighted by atomic mass is 16.2. The van der Waals surface area contributed by atoms with E-state index in [1.165, 1.54) is 0 Å². The summed E-state index contributed by atoms with van der Waals surface area (Å²) < 4.78 is 0. The van der Waals surface area contributed by atoms with Gasteiger partial charge in [0.05, 0.1) is 0 Å². The van der Waals surface area contributed by atoms with Gasteiger partial charge >= 0.3 is 0 Å². The first-order valence-electron chi connectivity index (χ1n) is 5.83. The van der Waals surface area contributed by atoms with Crippen LogP contribution < -0.4 is 10.6 Å². The van der Waals surface area contributed by atoms with E-state index in [-0.39, 0.29) is 11.8 Å². The lowest BCUT2D eigenvalue weighted by Crippen LogP contribution is -2.45. The van der Waals surface area contributed by atoms with Gasteiger partial charge in [0.1, 0.15) is 6.04 Å². The van der Waals surface area contributed by atoms with Crippen LogP contribution in [0.15, 0.2) is 30.3 Å². The lowest BCUT2D eigenvalue weighted by atomic mass is 10.2. The zero-order chi connectivity index (χ0) is 12.3. The Bertz CT molecular complexity index is 413. The average molecular weight is 232 g/mol. The molecule has 0 heterocycles. The van der Waals surface area contributed by atoms with Crippen molar-refractivity contribution in [2.45, 2.75) is 31.8 Å². The third-order valence-corrected chi connectivity index (χ3v) is 2.70. The summed E-state index contributed by atoms with van der Waals surface area (Å²) in [4.78, 5) is 23.4. The lowest BCUT2D eigenvalue weighted by Gasteiger charge is -2.13. The van der Waals surface area contributed by atoms with Gasteiger partial charge in [0, 0.05) is 11.6 Å². The summed E-state index contributed by atoms with van der Waals surface area (Å²) in [6, 6.07) is 8.71. The molecule has 1 saturated carbocycles. The smallest absolute Gasteiger partial charge is 0.251 e. The second-order valence-corrected chi connectivity index (χ2v) is 4.34. The Morgan fingerprint density at radius 2 is 1.88 bits per heavy atom. The topological polar surface area (TPSA) is 58.2 Å². The van der Waals surface area contributed by atoms with E-state index in [9.17, 15) is 9.59 Å². The number of amides is 2. The number of carbonyl (C=O) groups excluding carboxylic acids is 2. The van der Waals surface area contributed by atoms with Crippen LogP contribution >= 0.6 is 0 Å². The molecule has 2 amide bonds. The highest BCUT2D eigenvalue weighted by Crippen LogP contribution is 2.18. The van der Waals surface area contributed by atoms with Crippen LogP contribution in [0, 0.1) is 0 Å². The third-order valence-electron chi connectivity index (χ3n) is 2.70. The molecule has 0 saturated heterocycles. The highest BCUT2D eigenvalue weighted by molar-refractivity contribution is 5.97. The minimum absolute atomic E-state index is 0.114. The molecule has 0 unspecified atom stereocenters. The summed E-state index contributed by atoms with van der Waals surface area (Å²) in [5.41, 5.74) is 0.568. The van der Waals surface area contributed by atoms with Gasteiger partial charge in [0.15, 0.2) is 0 Å². The quantitative estimate of drug-likeness (QED) is 0.816. The van der Waals surface area contributed by atoms with E-state index < -0.39 is 6.04 Å². The Hall–Kier alpha value is -1.84. The molecule has 0 radical (unpaired) electrons. The van der Waals surface area contributed by atoms with Crippen LogP contribution in [0.3, 0.4) is 0 Å². The molecular formula is C13H16N2O2. The van der Waals surface area contributed by atoms with Gasteiger partial charge in [-0.3, -0.25) is 9.59 Å². The number of carbonyl (C=O) groups is 2. The maximum absolute atomic E-state index is 11.8. The molecule has 0 aliphatic heterocycles. The molecule has 0 spiro atoms. The van der Waals surface area contributed by atoms with Gasteiger partial charge in [-0.05, 0) is 31.9 Å². The van der Waals surface area contributed by atoms with Crippen molar-refractivity contribution in [1.29, 1.82) is 0 Å². The predicted octanol–water partition coefficient (Wildman–Crippen LogP) is 1.08. The zero-order valence-corrected chi connectivity index (χ0v) is 9.77. The molecule has 0 aromatic heterocycles. The molecule has 17 heavy (non-hydrogen) atoms. The summed E-state index contributed by atoms with van der Waals surface area (Å²) in [6.07, 6.45) is 2.09. The maximum Gasteiger partial charge on any atom is 0.251 e. The minimum atomic E-state index is -0.497. The second kappa shape index (κ2) is 4.99. The highest BCUT2D eigenvalue weighted by Gasteiger charge is 2.26. The van der Waals surface area contributed by atoms with E-state index in [0.29, 0.717) is 11.6 Å². The molecule has 1 aromatic rings. The van der Waals surface area contributed by atoms with Gasteiger partial charge in [-0.15, -0.1) is 0 Å². The summed E-state index contributed by atoms with van der Waals surface area (Å²) in [5, 5.41) is 5.53. The van der Waals surface area contributed by atoms with Crippen molar-refractivity contribution in [3.05, 3.63) is 35.9 Å². The van der Waals surface area contributed by atoms with Crippen molar-refractivity contribution in [3.63, 3.8) is 0 Å². The van der Waals surface area contributed by atoms with E-state index in [0.717, 1.165) is 12.8 Å². The first-order valence-corrected chi connectivity index (χ1v) is 5.83. The average Bonchev–Trinajstić information content (AvgIpc) is 3.14. The Kier molecular flexibility index (Phi) is 3.42. The molecule has 1 fully saturated rings. The van der Waals surface area contributed by atoms with E-state index >= 15 is 0 Å². The molecule has 1 aromatic carbocycles. The predicted molar refractivity (Wildman–Crippen MR) is 64.5 cm³/mol. The van der Waals surface area contributed by atoms with Gasteiger partial charge < -0.3 is 10.6 Å². The maximum atomic E-state index is 11.8. The molecule has 1 atom stereocenters. The SMILES string of the molecule is C[C@H](NC(=O)c1ccccc1)C(=O)NC1CC1. The Labute approximate surface area is 100 Å². The van der Waals surface area contributed by atoms with Crippen molar-refractivity contribution in [3.8, 4) is 0 Å². The lowest BCUT2D eigenvalue weighted by molar-refractivity contribution is -0.122. The van der Waals surface area contributed by atoms with Crippen molar-refractivity contribution >= 4 is 11.8 Å². The van der Waals surface area contributed by atoms with Gasteiger partial charge in [0.25, 0.3) is 5.91 Å². The number of rotatable bonds is 4. The van der Waals surface area contributed by atoms with Crippen LogP contribution in [0.2, 0.25) is 0 Å². The van der Waals surface area contributed by atoms with E-state index in [4.69, 9.17) is 0 Å². The largest absolute Gasteiger partial charge is 0.352 e. The first-order chi connectivity index (χ1) is 8.16. The van der Waals surface area contributed by atoms with Crippen molar-refractivity contribution < 1.29 is 9.59 Å². The van der Waals surface area contributed by atoms with E-state index in [2.05, 4.69) is 10.6 Å².